The second-order valence-electron chi connectivity index (χ2n) is 4.45. The molecule has 2 aromatic heterocycles. The van der Waals surface area contributed by atoms with Gasteiger partial charge in [0.25, 0.3) is 0 Å². The zero-order chi connectivity index (χ0) is 14.1. The lowest BCUT2D eigenvalue weighted by Crippen LogP contribution is -2.00. The Balaban J connectivity index is 1.93. The average molecular weight is 349 g/mol. The predicted molar refractivity (Wildman–Crippen MR) is 88.0 cm³/mol. The molecule has 2 heterocycles. The Labute approximate surface area is 129 Å². The first-order chi connectivity index (χ1) is 9.63. The first-order valence-electron chi connectivity index (χ1n) is 6.12. The average Bonchev–Trinajstić information content (AvgIpc) is 2.84. The molecule has 0 atom stereocenters. The van der Waals surface area contributed by atoms with E-state index in [-0.39, 0.29) is 0 Å². The van der Waals surface area contributed by atoms with Crippen molar-refractivity contribution in [1.29, 1.82) is 0 Å². The molecular weight excluding hydrogens is 336 g/mol. The van der Waals surface area contributed by atoms with E-state index in [1.807, 2.05) is 31.3 Å². The van der Waals surface area contributed by atoms with Crippen LogP contribution in [-0.4, -0.2) is 9.97 Å². The zero-order valence-corrected chi connectivity index (χ0v) is 13.3. The van der Waals surface area contributed by atoms with Gasteiger partial charge in [0, 0.05) is 32.8 Å². The van der Waals surface area contributed by atoms with Crippen LogP contribution in [0.1, 0.15) is 9.88 Å². The van der Waals surface area contributed by atoms with Crippen LogP contribution in [-0.2, 0) is 6.54 Å². The van der Waals surface area contributed by atoms with E-state index in [2.05, 4.69) is 31.2 Å². The van der Waals surface area contributed by atoms with Gasteiger partial charge in [-0.2, -0.15) is 0 Å². The number of hydrogen-bond donors (Lipinski definition) is 2. The minimum absolute atomic E-state index is 0.730. The molecule has 3 N–H and O–H groups in total. The number of benzene rings is 1. The van der Waals surface area contributed by atoms with Gasteiger partial charge in [-0.25, -0.2) is 4.98 Å². The third-order valence-electron chi connectivity index (χ3n) is 2.97. The Kier molecular flexibility index (Phi) is 3.58. The summed E-state index contributed by atoms with van der Waals surface area (Å²) in [5.41, 5.74) is 8.60. The SMILES string of the molecule is Cc1ncc(CNc2ccc(N)c3cc(Br)cnc23)s1. The highest BCUT2D eigenvalue weighted by Gasteiger charge is 2.07. The molecule has 0 fully saturated rings. The van der Waals surface area contributed by atoms with Gasteiger partial charge in [-0.05, 0) is 41.1 Å². The van der Waals surface area contributed by atoms with Crippen molar-refractivity contribution >= 4 is 49.5 Å². The number of anilines is 2. The second kappa shape index (κ2) is 5.38. The molecule has 0 amide bonds. The number of thiazole rings is 1. The van der Waals surface area contributed by atoms with E-state index in [4.69, 9.17) is 5.73 Å². The number of nitrogens with one attached hydrogen (secondary N) is 1. The van der Waals surface area contributed by atoms with Crippen LogP contribution in [0, 0.1) is 6.92 Å². The van der Waals surface area contributed by atoms with Crippen LogP contribution in [0.15, 0.2) is 35.1 Å². The van der Waals surface area contributed by atoms with E-state index >= 15 is 0 Å². The number of nitrogens with zero attached hydrogens (tertiary/aromatic N) is 2. The second-order valence-corrected chi connectivity index (χ2v) is 6.69. The summed E-state index contributed by atoms with van der Waals surface area (Å²) in [6, 6.07) is 5.85. The number of hydrogen-bond acceptors (Lipinski definition) is 5. The van der Waals surface area contributed by atoms with E-state index in [1.54, 1.807) is 17.5 Å². The highest BCUT2D eigenvalue weighted by Crippen LogP contribution is 2.29. The van der Waals surface area contributed by atoms with Gasteiger partial charge < -0.3 is 11.1 Å². The van der Waals surface area contributed by atoms with Gasteiger partial charge in [-0.1, -0.05) is 0 Å². The molecule has 0 saturated carbocycles. The third kappa shape index (κ3) is 2.62. The lowest BCUT2D eigenvalue weighted by Gasteiger charge is -2.10. The zero-order valence-electron chi connectivity index (χ0n) is 10.9. The maximum absolute atomic E-state index is 6.01. The summed E-state index contributed by atoms with van der Waals surface area (Å²) < 4.78 is 0.923. The fourth-order valence-electron chi connectivity index (χ4n) is 2.03. The minimum atomic E-state index is 0.730. The molecule has 0 saturated heterocycles. The van der Waals surface area contributed by atoms with Crippen LogP contribution in [0.4, 0.5) is 11.4 Å². The molecule has 0 unspecified atom stereocenters. The van der Waals surface area contributed by atoms with Crippen molar-refractivity contribution in [3.8, 4) is 0 Å². The van der Waals surface area contributed by atoms with Crippen LogP contribution >= 0.6 is 27.3 Å². The lowest BCUT2D eigenvalue weighted by atomic mass is 10.1. The summed E-state index contributed by atoms with van der Waals surface area (Å²) in [6.07, 6.45) is 3.68. The maximum atomic E-state index is 6.01. The van der Waals surface area contributed by atoms with Gasteiger partial charge >= 0.3 is 0 Å². The normalized spacial score (nSPS) is 10.9. The largest absolute Gasteiger partial charge is 0.398 e. The summed E-state index contributed by atoms with van der Waals surface area (Å²) in [5, 5.41) is 5.42. The summed E-state index contributed by atoms with van der Waals surface area (Å²) in [4.78, 5) is 9.91. The third-order valence-corrected chi connectivity index (χ3v) is 4.32. The summed E-state index contributed by atoms with van der Waals surface area (Å²) in [5.74, 6) is 0. The van der Waals surface area contributed by atoms with E-state index in [0.29, 0.717) is 0 Å². The quantitative estimate of drug-likeness (QED) is 0.703. The topological polar surface area (TPSA) is 63.8 Å². The fourth-order valence-corrected chi connectivity index (χ4v) is 3.09. The summed E-state index contributed by atoms with van der Waals surface area (Å²) in [7, 11) is 0. The molecule has 0 bridgehead atoms. The molecule has 6 heteroatoms. The first kappa shape index (κ1) is 13.3. The standard InChI is InChI=1S/C14H13BrN4S/c1-8-17-6-10(20-8)7-18-13-3-2-12(16)11-4-9(15)5-19-14(11)13/h2-6,18H,7,16H2,1H3. The molecule has 102 valence electrons. The Morgan fingerprint density at radius 3 is 2.90 bits per heavy atom. The van der Waals surface area contributed by atoms with Gasteiger partial charge in [0.1, 0.15) is 0 Å². The van der Waals surface area contributed by atoms with Crippen molar-refractivity contribution < 1.29 is 0 Å². The molecule has 4 nitrogen and oxygen atoms in total. The number of fused-ring (bicyclic) bond motifs is 1. The maximum Gasteiger partial charge on any atom is 0.0954 e. The number of nitrogens with two attached hydrogens (primary N) is 1. The van der Waals surface area contributed by atoms with Gasteiger partial charge in [0.15, 0.2) is 0 Å². The van der Waals surface area contributed by atoms with Crippen molar-refractivity contribution in [2.24, 2.45) is 0 Å². The van der Waals surface area contributed by atoms with Crippen molar-refractivity contribution in [3.05, 3.63) is 45.0 Å². The number of aryl methyl sites for hydroxylation is 1. The van der Waals surface area contributed by atoms with Crippen LogP contribution in [0.25, 0.3) is 10.9 Å². The molecule has 0 aliphatic heterocycles. The smallest absolute Gasteiger partial charge is 0.0954 e. The molecular formula is C14H13BrN4S. The first-order valence-corrected chi connectivity index (χ1v) is 7.73. The van der Waals surface area contributed by atoms with Crippen molar-refractivity contribution in [2.75, 3.05) is 11.1 Å². The Bertz CT molecular complexity index is 769. The summed E-state index contributed by atoms with van der Waals surface area (Å²) in [6.45, 7) is 2.74. The number of aromatic nitrogens is 2. The Morgan fingerprint density at radius 2 is 2.15 bits per heavy atom. The molecule has 3 aromatic rings. The van der Waals surface area contributed by atoms with E-state index in [0.717, 1.165) is 38.3 Å². The van der Waals surface area contributed by atoms with Gasteiger partial charge in [0.05, 0.1) is 22.8 Å². The Morgan fingerprint density at radius 1 is 1.30 bits per heavy atom. The molecule has 1 aromatic carbocycles. The van der Waals surface area contributed by atoms with Crippen molar-refractivity contribution in [2.45, 2.75) is 13.5 Å². The highest BCUT2D eigenvalue weighted by molar-refractivity contribution is 9.10. The number of rotatable bonds is 3. The van der Waals surface area contributed by atoms with E-state index < -0.39 is 0 Å². The van der Waals surface area contributed by atoms with Crippen molar-refractivity contribution in [3.63, 3.8) is 0 Å². The van der Waals surface area contributed by atoms with Crippen LogP contribution in [0.3, 0.4) is 0 Å². The monoisotopic (exact) mass is 348 g/mol. The summed E-state index contributed by atoms with van der Waals surface area (Å²) >= 11 is 5.12. The lowest BCUT2D eigenvalue weighted by molar-refractivity contribution is 1.17. The molecule has 0 radical (unpaired) electrons. The molecule has 0 aliphatic rings. The number of pyridine rings is 1. The van der Waals surface area contributed by atoms with Crippen molar-refractivity contribution in [1.82, 2.24) is 9.97 Å². The van der Waals surface area contributed by atoms with Gasteiger partial charge in [-0.3, -0.25) is 4.98 Å². The van der Waals surface area contributed by atoms with Crippen LogP contribution < -0.4 is 11.1 Å². The van der Waals surface area contributed by atoms with Crippen LogP contribution in [0.5, 0.6) is 0 Å². The van der Waals surface area contributed by atoms with E-state index in [9.17, 15) is 0 Å². The number of halogens is 1. The van der Waals surface area contributed by atoms with E-state index in [1.165, 1.54) is 4.88 Å². The molecule has 20 heavy (non-hydrogen) atoms. The minimum Gasteiger partial charge on any atom is -0.398 e. The molecule has 0 spiro atoms. The van der Waals surface area contributed by atoms with Crippen LogP contribution in [0.2, 0.25) is 0 Å². The predicted octanol–water partition coefficient (Wildman–Crippen LogP) is 3.96. The fraction of sp³-hybridized carbons (Fsp3) is 0.143. The van der Waals surface area contributed by atoms with Gasteiger partial charge in [-0.15, -0.1) is 11.3 Å². The molecule has 0 aliphatic carbocycles. The number of nitrogen functional groups attached to an aromatic ring is 1. The van der Waals surface area contributed by atoms with Gasteiger partial charge in [0.2, 0.25) is 0 Å². The highest BCUT2D eigenvalue weighted by atomic mass is 79.9. The Hall–Kier alpha value is -1.66. The molecule has 3 rings (SSSR count).